The van der Waals surface area contributed by atoms with E-state index >= 15 is 0 Å². The first-order valence-electron chi connectivity index (χ1n) is 5.28. The molecule has 0 radical (unpaired) electrons. The number of thiazole rings is 1. The van der Waals surface area contributed by atoms with Crippen LogP contribution in [0.5, 0.6) is 0 Å². The highest BCUT2D eigenvalue weighted by molar-refractivity contribution is 7.09. The van der Waals surface area contributed by atoms with Crippen molar-refractivity contribution < 1.29 is 19.7 Å². The number of aromatic nitrogens is 1. The Labute approximate surface area is 103 Å². The third-order valence-corrected chi connectivity index (χ3v) is 3.00. The summed E-state index contributed by atoms with van der Waals surface area (Å²) in [5.74, 6) is -0.532. The molecule has 17 heavy (non-hydrogen) atoms. The number of rotatable bonds is 6. The highest BCUT2D eigenvalue weighted by Crippen LogP contribution is 2.22. The minimum absolute atomic E-state index is 0.144. The number of ether oxygens (including phenoxy) is 1. The fraction of sp³-hybridized carbons (Fsp3) is 0.600. The predicted molar refractivity (Wildman–Crippen MR) is 62.7 cm³/mol. The highest BCUT2D eigenvalue weighted by atomic mass is 32.1. The van der Waals surface area contributed by atoms with E-state index in [-0.39, 0.29) is 30.3 Å². The molecule has 0 amide bonds. The summed E-state index contributed by atoms with van der Waals surface area (Å²) < 4.78 is 4.77. The smallest absolute Gasteiger partial charge is 0.357 e. The Balaban J connectivity index is 2.70. The normalized spacial score (nSPS) is 14.4. The molecule has 6 nitrogen and oxygen atoms in total. The van der Waals surface area contributed by atoms with Gasteiger partial charge in [-0.3, -0.25) is 0 Å². The Morgan fingerprint density at radius 2 is 2.35 bits per heavy atom. The van der Waals surface area contributed by atoms with Crippen LogP contribution in [-0.4, -0.2) is 40.4 Å². The number of aliphatic hydroxyl groups is 2. The van der Waals surface area contributed by atoms with E-state index in [1.165, 1.54) is 5.38 Å². The molecule has 1 heterocycles. The van der Waals surface area contributed by atoms with Crippen LogP contribution < -0.4 is 5.73 Å². The van der Waals surface area contributed by atoms with Crippen LogP contribution in [-0.2, 0) is 4.74 Å². The van der Waals surface area contributed by atoms with Gasteiger partial charge in [0, 0.05) is 5.38 Å². The van der Waals surface area contributed by atoms with Crippen LogP contribution in [0.2, 0.25) is 0 Å². The quantitative estimate of drug-likeness (QED) is 0.625. The van der Waals surface area contributed by atoms with E-state index in [0.29, 0.717) is 0 Å². The van der Waals surface area contributed by atoms with Gasteiger partial charge in [0.1, 0.15) is 11.1 Å². The summed E-state index contributed by atoms with van der Waals surface area (Å²) in [6.45, 7) is 2.24. The van der Waals surface area contributed by atoms with Crippen molar-refractivity contribution in [3.05, 3.63) is 16.1 Å². The van der Waals surface area contributed by atoms with Crippen molar-refractivity contribution in [3.63, 3.8) is 0 Å². The molecule has 0 saturated carbocycles. The Morgan fingerprint density at radius 3 is 2.94 bits per heavy atom. The number of hydrogen-bond acceptors (Lipinski definition) is 7. The van der Waals surface area contributed by atoms with Crippen LogP contribution in [0.1, 0.15) is 34.9 Å². The molecule has 2 atom stereocenters. The minimum atomic E-state index is -1.12. The SMILES string of the molecule is CCOC(=O)c1csc(C(O)C(O)CCN)n1. The average molecular weight is 260 g/mol. The van der Waals surface area contributed by atoms with E-state index in [4.69, 9.17) is 10.5 Å². The van der Waals surface area contributed by atoms with Crippen molar-refractivity contribution >= 4 is 17.3 Å². The van der Waals surface area contributed by atoms with Crippen LogP contribution >= 0.6 is 11.3 Å². The molecule has 0 aromatic carbocycles. The van der Waals surface area contributed by atoms with Crippen molar-refractivity contribution in [2.75, 3.05) is 13.2 Å². The lowest BCUT2D eigenvalue weighted by Gasteiger charge is -2.14. The molecule has 0 spiro atoms. The zero-order valence-electron chi connectivity index (χ0n) is 9.50. The summed E-state index contributed by atoms with van der Waals surface area (Å²) in [7, 11) is 0. The van der Waals surface area contributed by atoms with Gasteiger partial charge in [0.2, 0.25) is 0 Å². The maximum Gasteiger partial charge on any atom is 0.357 e. The lowest BCUT2D eigenvalue weighted by Crippen LogP contribution is -2.21. The molecule has 1 aromatic heterocycles. The Morgan fingerprint density at radius 1 is 1.65 bits per heavy atom. The van der Waals surface area contributed by atoms with E-state index in [9.17, 15) is 15.0 Å². The first-order chi connectivity index (χ1) is 8.10. The predicted octanol–water partition coefficient (Wildman–Crippen LogP) is 0.0629. The zero-order chi connectivity index (χ0) is 12.8. The summed E-state index contributed by atoms with van der Waals surface area (Å²) in [6.07, 6.45) is -1.82. The van der Waals surface area contributed by atoms with E-state index in [1.54, 1.807) is 6.92 Å². The van der Waals surface area contributed by atoms with Crippen molar-refractivity contribution in [2.24, 2.45) is 5.73 Å². The second kappa shape index (κ2) is 6.65. The Bertz CT molecular complexity index is 369. The van der Waals surface area contributed by atoms with Crippen molar-refractivity contribution in [1.82, 2.24) is 4.98 Å². The maximum atomic E-state index is 11.3. The van der Waals surface area contributed by atoms with Gasteiger partial charge in [0.25, 0.3) is 0 Å². The third kappa shape index (κ3) is 3.74. The zero-order valence-corrected chi connectivity index (χ0v) is 10.3. The topological polar surface area (TPSA) is 106 Å². The van der Waals surface area contributed by atoms with Crippen molar-refractivity contribution in [1.29, 1.82) is 0 Å². The molecule has 0 aliphatic carbocycles. The van der Waals surface area contributed by atoms with Gasteiger partial charge in [-0.1, -0.05) is 0 Å². The molecule has 1 aromatic rings. The molecule has 0 fully saturated rings. The number of hydrogen-bond donors (Lipinski definition) is 3. The lowest BCUT2D eigenvalue weighted by atomic mass is 10.1. The van der Waals surface area contributed by atoms with E-state index in [0.717, 1.165) is 11.3 Å². The van der Waals surface area contributed by atoms with Crippen LogP contribution in [0.15, 0.2) is 5.38 Å². The summed E-state index contributed by atoms with van der Waals surface area (Å²) in [5.41, 5.74) is 5.42. The number of esters is 1. The molecular formula is C10H16N2O4S. The second-order valence-electron chi connectivity index (χ2n) is 3.38. The van der Waals surface area contributed by atoms with E-state index in [1.807, 2.05) is 0 Å². The first-order valence-corrected chi connectivity index (χ1v) is 6.16. The fourth-order valence-electron chi connectivity index (χ4n) is 1.22. The molecule has 0 bridgehead atoms. The highest BCUT2D eigenvalue weighted by Gasteiger charge is 2.22. The second-order valence-corrected chi connectivity index (χ2v) is 4.27. The lowest BCUT2D eigenvalue weighted by molar-refractivity contribution is 0.0147. The molecule has 96 valence electrons. The van der Waals surface area contributed by atoms with Crippen molar-refractivity contribution in [2.45, 2.75) is 25.6 Å². The number of aliphatic hydroxyl groups excluding tert-OH is 2. The Hall–Kier alpha value is -1.02. The molecule has 0 aliphatic heterocycles. The van der Waals surface area contributed by atoms with Crippen molar-refractivity contribution in [3.8, 4) is 0 Å². The van der Waals surface area contributed by atoms with Crippen LogP contribution in [0.3, 0.4) is 0 Å². The minimum Gasteiger partial charge on any atom is -0.461 e. The Kier molecular flexibility index (Phi) is 5.49. The van der Waals surface area contributed by atoms with E-state index in [2.05, 4.69) is 4.98 Å². The molecule has 7 heteroatoms. The van der Waals surface area contributed by atoms with Gasteiger partial charge in [-0.2, -0.15) is 0 Å². The van der Waals surface area contributed by atoms with Gasteiger partial charge >= 0.3 is 5.97 Å². The van der Waals surface area contributed by atoms with Crippen LogP contribution in [0.4, 0.5) is 0 Å². The van der Waals surface area contributed by atoms with Gasteiger partial charge in [0.15, 0.2) is 5.69 Å². The number of nitrogens with two attached hydrogens (primary N) is 1. The number of carbonyl (C=O) groups is 1. The van der Waals surface area contributed by atoms with E-state index < -0.39 is 18.2 Å². The summed E-state index contributed by atoms with van der Waals surface area (Å²) >= 11 is 1.10. The third-order valence-electron chi connectivity index (χ3n) is 2.09. The average Bonchev–Trinajstić information content (AvgIpc) is 2.78. The number of carbonyl (C=O) groups excluding carboxylic acids is 1. The van der Waals surface area contributed by atoms with Gasteiger partial charge in [-0.25, -0.2) is 9.78 Å². The summed E-state index contributed by atoms with van der Waals surface area (Å²) in [6, 6.07) is 0. The van der Waals surface area contributed by atoms with Crippen LogP contribution in [0, 0.1) is 0 Å². The maximum absolute atomic E-state index is 11.3. The molecule has 0 saturated heterocycles. The standard InChI is InChI=1S/C10H16N2O4S/c1-2-16-10(15)6-5-17-9(12-6)8(14)7(13)3-4-11/h5,7-8,13-14H,2-4,11H2,1H3. The van der Waals surface area contributed by atoms with Crippen LogP contribution in [0.25, 0.3) is 0 Å². The van der Waals surface area contributed by atoms with Gasteiger partial charge in [-0.15, -0.1) is 11.3 Å². The molecular weight excluding hydrogens is 244 g/mol. The summed E-state index contributed by atoms with van der Waals surface area (Å²) in [4.78, 5) is 15.3. The largest absolute Gasteiger partial charge is 0.461 e. The summed E-state index contributed by atoms with van der Waals surface area (Å²) in [5, 5.41) is 21.1. The molecule has 4 N–H and O–H groups in total. The van der Waals surface area contributed by atoms with Gasteiger partial charge in [-0.05, 0) is 19.9 Å². The molecule has 0 aliphatic rings. The molecule has 2 unspecified atom stereocenters. The van der Waals surface area contributed by atoms with Gasteiger partial charge in [0.05, 0.1) is 12.7 Å². The number of nitrogens with zero attached hydrogens (tertiary/aromatic N) is 1. The first kappa shape index (κ1) is 14.0. The molecule has 1 rings (SSSR count). The fourth-order valence-corrected chi connectivity index (χ4v) is 2.04. The monoisotopic (exact) mass is 260 g/mol. The van der Waals surface area contributed by atoms with Gasteiger partial charge < -0.3 is 20.7 Å².